The first-order valence-corrected chi connectivity index (χ1v) is 27.3. The van der Waals surface area contributed by atoms with Crippen molar-refractivity contribution in [2.24, 2.45) is 0 Å². The van der Waals surface area contributed by atoms with Gasteiger partial charge in [-0.1, -0.05) is 168 Å². The molecule has 0 bridgehead atoms. The van der Waals surface area contributed by atoms with Crippen LogP contribution in [-0.2, 0) is 21.7 Å². The van der Waals surface area contributed by atoms with Crippen LogP contribution in [0, 0.1) is 27.7 Å². The minimum atomic E-state index is -0.135. The van der Waals surface area contributed by atoms with Gasteiger partial charge < -0.3 is 18.6 Å². The van der Waals surface area contributed by atoms with Crippen molar-refractivity contribution in [3.05, 3.63) is 190 Å². The van der Waals surface area contributed by atoms with Crippen molar-refractivity contribution in [1.29, 1.82) is 0 Å². The number of para-hydroxylation sites is 2. The Morgan fingerprint density at radius 3 is 1.00 bits per heavy atom. The molecule has 12 rings (SSSR count). The molecular weight excluding hydrogens is 925 g/mol. The van der Waals surface area contributed by atoms with E-state index in [1.807, 2.05) is 0 Å². The zero-order valence-electron chi connectivity index (χ0n) is 47.6. The minimum absolute atomic E-state index is 0.0362. The fraction of sp³-hybridized carbons (Fsp3) is 0.278. The molecule has 2 heterocycles. The zero-order valence-corrected chi connectivity index (χ0v) is 47.6. The molecule has 4 nitrogen and oxygen atoms in total. The Morgan fingerprint density at radius 1 is 0.303 bits per heavy atom. The fourth-order valence-corrected chi connectivity index (χ4v) is 12.2. The van der Waals surface area contributed by atoms with Crippen LogP contribution in [0.15, 0.2) is 154 Å². The molecule has 0 unspecified atom stereocenters. The lowest BCUT2D eigenvalue weighted by Gasteiger charge is -2.30. The monoisotopic (exact) mass is 997 g/mol. The SMILES string of the molecule is Cc1cc(C)cc(N(c2ccc3ccc4c(N(c5cc(C)cc(C)c5)c5cccc6c5oc5c(C(C)(C)C)cc(C(C)(C)C)cc56)ccc5ccc2c3c54)c2cccc3c2oc2c(C(C)(C)C)cc(C(C)(C)C)cc23)c1. The predicted molar refractivity (Wildman–Crippen MR) is 328 cm³/mol. The van der Waals surface area contributed by atoms with Gasteiger partial charge in [-0.15, -0.1) is 0 Å². The summed E-state index contributed by atoms with van der Waals surface area (Å²) in [5, 5.41) is 11.8. The summed E-state index contributed by atoms with van der Waals surface area (Å²) in [6, 6.07) is 55.3. The fourth-order valence-electron chi connectivity index (χ4n) is 12.2. The summed E-state index contributed by atoms with van der Waals surface area (Å²) in [7, 11) is 0. The summed E-state index contributed by atoms with van der Waals surface area (Å²) >= 11 is 0. The van der Waals surface area contributed by atoms with E-state index >= 15 is 0 Å². The van der Waals surface area contributed by atoms with Gasteiger partial charge in [0.15, 0.2) is 11.2 Å². The number of hydrogen-bond acceptors (Lipinski definition) is 4. The maximum absolute atomic E-state index is 7.30. The Balaban J connectivity index is 1.14. The number of fused-ring (bicyclic) bond motifs is 6. The first kappa shape index (κ1) is 49.3. The number of hydrogen-bond donors (Lipinski definition) is 0. The summed E-state index contributed by atoms with van der Waals surface area (Å²) in [5.74, 6) is 0. The molecule has 0 fully saturated rings. The highest BCUT2D eigenvalue weighted by molar-refractivity contribution is 6.29. The number of nitrogens with zero attached hydrogens (tertiary/aromatic N) is 2. The van der Waals surface area contributed by atoms with Gasteiger partial charge in [0.25, 0.3) is 0 Å². The van der Waals surface area contributed by atoms with Gasteiger partial charge in [0.2, 0.25) is 0 Å². The van der Waals surface area contributed by atoms with Crippen molar-refractivity contribution in [3.8, 4) is 0 Å². The van der Waals surface area contributed by atoms with Gasteiger partial charge in [0.1, 0.15) is 11.2 Å². The summed E-state index contributed by atoms with van der Waals surface area (Å²) in [5.41, 5.74) is 19.7. The second-order valence-electron chi connectivity index (χ2n) is 26.3. The van der Waals surface area contributed by atoms with Gasteiger partial charge in [-0.05, 0) is 165 Å². The molecule has 0 saturated heterocycles. The summed E-state index contributed by atoms with van der Waals surface area (Å²) < 4.78 is 14.6. The predicted octanol–water partition coefficient (Wildman–Crippen LogP) is 21.7. The van der Waals surface area contributed by atoms with Crippen molar-refractivity contribution < 1.29 is 8.83 Å². The average molecular weight is 997 g/mol. The second-order valence-corrected chi connectivity index (χ2v) is 26.3. The molecule has 0 atom stereocenters. The summed E-state index contributed by atoms with van der Waals surface area (Å²) in [6.07, 6.45) is 0. The maximum atomic E-state index is 7.30. The van der Waals surface area contributed by atoms with Crippen LogP contribution in [0.1, 0.15) is 128 Å². The first-order chi connectivity index (χ1) is 35.8. The molecule has 12 aromatic rings. The molecule has 0 aliphatic rings. The summed E-state index contributed by atoms with van der Waals surface area (Å²) in [6.45, 7) is 36.4. The molecule has 0 radical (unpaired) electrons. The van der Waals surface area contributed by atoms with Crippen LogP contribution in [0.5, 0.6) is 0 Å². The molecule has 10 aromatic carbocycles. The van der Waals surface area contributed by atoms with Gasteiger partial charge in [-0.25, -0.2) is 0 Å². The molecule has 0 aliphatic carbocycles. The lowest BCUT2D eigenvalue weighted by molar-refractivity contribution is 0.558. The van der Waals surface area contributed by atoms with E-state index in [9.17, 15) is 0 Å². The molecule has 4 heteroatoms. The van der Waals surface area contributed by atoms with E-state index in [4.69, 9.17) is 8.83 Å². The third-order valence-corrected chi connectivity index (χ3v) is 16.0. The third kappa shape index (κ3) is 8.01. The highest BCUT2D eigenvalue weighted by Gasteiger charge is 2.31. The Bertz CT molecular complexity index is 4000. The van der Waals surface area contributed by atoms with Crippen LogP contribution < -0.4 is 9.80 Å². The molecule has 0 N–H and O–H groups in total. The highest BCUT2D eigenvalue weighted by Crippen LogP contribution is 2.52. The van der Waals surface area contributed by atoms with Gasteiger partial charge >= 0.3 is 0 Å². The molecule has 0 saturated carbocycles. The van der Waals surface area contributed by atoms with E-state index in [0.717, 1.165) is 78.0 Å². The highest BCUT2D eigenvalue weighted by atomic mass is 16.3. The minimum Gasteiger partial charge on any atom is -0.454 e. The van der Waals surface area contributed by atoms with E-state index in [1.54, 1.807) is 0 Å². The van der Waals surface area contributed by atoms with Gasteiger partial charge in [-0.2, -0.15) is 0 Å². The molecule has 0 spiro atoms. The van der Waals surface area contributed by atoms with E-state index in [2.05, 4.69) is 266 Å². The van der Waals surface area contributed by atoms with Crippen molar-refractivity contribution in [3.63, 3.8) is 0 Å². The standard InChI is InChI=1S/C72H72N2O2/c1-41-31-42(2)34-49(33-41)73(61-21-17-19-51-55-37-47(69(5,6)7)39-57(71(11,12)13)65(55)75-67(51)61)59-29-25-45-24-28-54-60(30-26-46-23-27-53(59)63(45)64(46)54)74(50-35-43(3)32-44(4)36-50)62-22-18-20-52-56-38-48(70(8,9)10)40-58(72(14,15)16)66(56)76-68(52)62/h17-40H,1-16H3. The van der Waals surface area contributed by atoms with E-state index in [-0.39, 0.29) is 21.7 Å². The number of furan rings is 2. The van der Waals surface area contributed by atoms with E-state index in [0.29, 0.717) is 0 Å². The van der Waals surface area contributed by atoms with Crippen LogP contribution in [-0.4, -0.2) is 0 Å². The number of anilines is 6. The molecule has 2 aromatic heterocycles. The average Bonchev–Trinajstić information content (AvgIpc) is 4.06. The van der Waals surface area contributed by atoms with Crippen LogP contribution in [0.2, 0.25) is 0 Å². The molecule has 76 heavy (non-hydrogen) atoms. The molecule has 0 aliphatic heterocycles. The van der Waals surface area contributed by atoms with Crippen molar-refractivity contribution in [1.82, 2.24) is 0 Å². The Hall–Kier alpha value is -7.56. The summed E-state index contributed by atoms with van der Waals surface area (Å²) in [4.78, 5) is 4.92. The van der Waals surface area contributed by atoms with E-state index < -0.39 is 0 Å². The Morgan fingerprint density at radius 2 is 0.658 bits per heavy atom. The van der Waals surface area contributed by atoms with Crippen molar-refractivity contribution in [2.75, 3.05) is 9.80 Å². The quantitative estimate of drug-likeness (QED) is 0.155. The number of rotatable bonds is 6. The second kappa shape index (κ2) is 17.0. The van der Waals surface area contributed by atoms with Crippen molar-refractivity contribution >= 4 is 110 Å². The Labute approximate surface area is 449 Å². The number of aryl methyl sites for hydroxylation is 4. The normalized spacial score (nSPS) is 13.0. The Kier molecular flexibility index (Phi) is 11.0. The van der Waals surface area contributed by atoms with Crippen LogP contribution in [0.4, 0.5) is 34.1 Å². The number of benzene rings is 10. The molecule has 382 valence electrons. The largest absolute Gasteiger partial charge is 0.454 e. The smallest absolute Gasteiger partial charge is 0.159 e. The lowest BCUT2D eigenvalue weighted by atomic mass is 9.79. The topological polar surface area (TPSA) is 32.8 Å². The van der Waals surface area contributed by atoms with Crippen LogP contribution >= 0.6 is 0 Å². The first-order valence-electron chi connectivity index (χ1n) is 27.3. The van der Waals surface area contributed by atoms with Crippen LogP contribution in [0.3, 0.4) is 0 Å². The third-order valence-electron chi connectivity index (χ3n) is 16.0. The van der Waals surface area contributed by atoms with Crippen LogP contribution in [0.25, 0.3) is 76.2 Å². The van der Waals surface area contributed by atoms with Gasteiger partial charge in [-0.3, -0.25) is 0 Å². The van der Waals surface area contributed by atoms with Crippen molar-refractivity contribution in [2.45, 2.75) is 132 Å². The maximum Gasteiger partial charge on any atom is 0.159 e. The zero-order chi connectivity index (χ0) is 53.7. The molecule has 0 amide bonds. The molecular formula is C72H72N2O2. The van der Waals surface area contributed by atoms with Gasteiger partial charge in [0, 0.05) is 54.8 Å². The lowest BCUT2D eigenvalue weighted by Crippen LogP contribution is -2.16. The van der Waals surface area contributed by atoms with Gasteiger partial charge in [0.05, 0.1) is 22.7 Å². The van der Waals surface area contributed by atoms with E-state index in [1.165, 1.54) is 76.8 Å².